The summed E-state index contributed by atoms with van der Waals surface area (Å²) in [6, 6.07) is 8.35. The number of fused-ring (bicyclic) bond motifs is 2. The van der Waals surface area contributed by atoms with Crippen LogP contribution in [0.3, 0.4) is 0 Å². The average molecular weight is 362 g/mol. The number of piperidine rings is 1. The highest BCUT2D eigenvalue weighted by Crippen LogP contribution is 2.61. The summed E-state index contributed by atoms with van der Waals surface area (Å²) >= 11 is 0. The van der Waals surface area contributed by atoms with E-state index in [2.05, 4.69) is 17.9 Å². The van der Waals surface area contributed by atoms with Gasteiger partial charge < -0.3 is 20.2 Å². The average Bonchev–Trinajstić information content (AvgIpc) is 2.91. The van der Waals surface area contributed by atoms with Crippen molar-refractivity contribution in [1.29, 1.82) is 0 Å². The highest BCUT2D eigenvalue weighted by molar-refractivity contribution is 5.97. The summed E-state index contributed by atoms with van der Waals surface area (Å²) < 4.78 is 0. The first-order valence-electron chi connectivity index (χ1n) is 8.94. The second-order valence-corrected chi connectivity index (χ2v) is 7.51. The standard InChI is InChI=1S/C18H24N2O3.CH2O2/c1-12-6-13-4-2-3-5-16(13)20(12)17(23)9-19-7-14-15(8-19)18(14,10-21)11-22;2-1-3/h2-5,12,14-15,21-22H,6-11H2,1H3;1H,(H,2,3). The van der Waals surface area contributed by atoms with Crippen LogP contribution < -0.4 is 4.90 Å². The number of carbonyl (C=O) groups is 2. The van der Waals surface area contributed by atoms with Crippen molar-refractivity contribution in [3.63, 3.8) is 0 Å². The Balaban J connectivity index is 0.000000613. The van der Waals surface area contributed by atoms with Crippen LogP contribution in [0.4, 0.5) is 5.69 Å². The fraction of sp³-hybridized carbons (Fsp3) is 0.579. The van der Waals surface area contributed by atoms with Crippen LogP contribution in [0, 0.1) is 17.3 Å². The number of hydrogen-bond donors (Lipinski definition) is 3. The summed E-state index contributed by atoms with van der Waals surface area (Å²) in [7, 11) is 0. The zero-order chi connectivity index (χ0) is 18.9. The van der Waals surface area contributed by atoms with E-state index < -0.39 is 0 Å². The lowest BCUT2D eigenvalue weighted by molar-refractivity contribution is -0.123. The van der Waals surface area contributed by atoms with E-state index >= 15 is 0 Å². The van der Waals surface area contributed by atoms with Gasteiger partial charge in [-0.05, 0) is 36.8 Å². The minimum Gasteiger partial charge on any atom is -0.483 e. The summed E-state index contributed by atoms with van der Waals surface area (Å²) in [4.78, 5) is 25.3. The van der Waals surface area contributed by atoms with Crippen LogP contribution in [0.15, 0.2) is 24.3 Å². The topological polar surface area (TPSA) is 101 Å². The van der Waals surface area contributed by atoms with E-state index in [-0.39, 0.29) is 37.0 Å². The van der Waals surface area contributed by atoms with Gasteiger partial charge in [0, 0.05) is 30.2 Å². The maximum absolute atomic E-state index is 12.8. The molecule has 0 aromatic heterocycles. The van der Waals surface area contributed by atoms with Crippen molar-refractivity contribution in [2.45, 2.75) is 19.4 Å². The molecule has 4 rings (SSSR count). The van der Waals surface area contributed by atoms with Crippen LogP contribution >= 0.6 is 0 Å². The van der Waals surface area contributed by atoms with E-state index in [0.717, 1.165) is 25.2 Å². The molecule has 1 amide bonds. The SMILES string of the molecule is CC1Cc2ccccc2N1C(=O)CN1CC2C(C1)C2(CO)CO.O=CO. The molecule has 1 aliphatic carbocycles. The molecule has 2 aliphatic heterocycles. The van der Waals surface area contributed by atoms with Crippen molar-refractivity contribution in [1.82, 2.24) is 4.90 Å². The molecule has 1 aromatic rings. The number of benzene rings is 1. The smallest absolute Gasteiger partial charge is 0.290 e. The molecule has 0 bridgehead atoms. The summed E-state index contributed by atoms with van der Waals surface area (Å²) in [5.74, 6) is 0.838. The fourth-order valence-electron chi connectivity index (χ4n) is 4.78. The second-order valence-electron chi connectivity index (χ2n) is 7.51. The third-order valence-corrected chi connectivity index (χ3v) is 6.19. The highest BCUT2D eigenvalue weighted by Gasteiger charge is 2.67. The molecule has 3 atom stereocenters. The molecular weight excluding hydrogens is 336 g/mol. The van der Waals surface area contributed by atoms with Gasteiger partial charge in [-0.2, -0.15) is 0 Å². The number of hydrogen-bond acceptors (Lipinski definition) is 5. The monoisotopic (exact) mass is 362 g/mol. The van der Waals surface area contributed by atoms with Gasteiger partial charge in [0.05, 0.1) is 19.8 Å². The summed E-state index contributed by atoms with van der Waals surface area (Å²) in [5.41, 5.74) is 2.01. The van der Waals surface area contributed by atoms with Crippen LogP contribution in [-0.4, -0.2) is 71.5 Å². The van der Waals surface area contributed by atoms with Crippen molar-refractivity contribution >= 4 is 18.1 Å². The molecule has 7 nitrogen and oxygen atoms in total. The Morgan fingerprint density at radius 3 is 2.38 bits per heavy atom. The Labute approximate surface area is 152 Å². The van der Waals surface area contributed by atoms with Crippen molar-refractivity contribution in [3.8, 4) is 0 Å². The first-order chi connectivity index (χ1) is 12.5. The van der Waals surface area contributed by atoms with Gasteiger partial charge in [-0.3, -0.25) is 14.5 Å². The number of likely N-dealkylation sites (tertiary alicyclic amines) is 1. The second kappa shape index (κ2) is 7.34. The third kappa shape index (κ3) is 3.00. The first-order valence-corrected chi connectivity index (χ1v) is 8.94. The molecule has 3 aliphatic rings. The Hall–Kier alpha value is -1.96. The van der Waals surface area contributed by atoms with Crippen molar-refractivity contribution < 1.29 is 24.9 Å². The van der Waals surface area contributed by atoms with Crippen molar-refractivity contribution in [3.05, 3.63) is 29.8 Å². The molecule has 3 unspecified atom stereocenters. The zero-order valence-electron chi connectivity index (χ0n) is 14.9. The van der Waals surface area contributed by atoms with E-state index in [9.17, 15) is 15.0 Å². The van der Waals surface area contributed by atoms with Gasteiger partial charge in [0.2, 0.25) is 5.91 Å². The maximum atomic E-state index is 12.8. The lowest BCUT2D eigenvalue weighted by Gasteiger charge is -2.28. The van der Waals surface area contributed by atoms with E-state index in [4.69, 9.17) is 9.90 Å². The Morgan fingerprint density at radius 1 is 1.23 bits per heavy atom. The van der Waals surface area contributed by atoms with Gasteiger partial charge in [0.1, 0.15) is 0 Å². The van der Waals surface area contributed by atoms with Gasteiger partial charge in [0.15, 0.2) is 0 Å². The van der Waals surface area contributed by atoms with Gasteiger partial charge in [-0.15, -0.1) is 0 Å². The molecular formula is C19H26N2O5. The van der Waals surface area contributed by atoms with Gasteiger partial charge >= 0.3 is 0 Å². The third-order valence-electron chi connectivity index (χ3n) is 6.19. The molecule has 1 saturated heterocycles. The quantitative estimate of drug-likeness (QED) is 0.662. The van der Waals surface area contributed by atoms with Gasteiger partial charge in [-0.25, -0.2) is 0 Å². The van der Waals surface area contributed by atoms with Crippen LogP contribution in [0.5, 0.6) is 0 Å². The molecule has 1 aromatic carbocycles. The van der Waals surface area contributed by atoms with Crippen LogP contribution in [-0.2, 0) is 16.0 Å². The highest BCUT2D eigenvalue weighted by atomic mass is 16.3. The number of amides is 1. The van der Waals surface area contributed by atoms with E-state index in [0.29, 0.717) is 18.4 Å². The number of anilines is 1. The predicted octanol–water partition coefficient (Wildman–Crippen LogP) is 0.198. The number of aliphatic hydroxyl groups excluding tert-OH is 2. The minimum absolute atomic E-state index is 0.0527. The lowest BCUT2D eigenvalue weighted by Crippen LogP contribution is -2.44. The Morgan fingerprint density at radius 2 is 1.81 bits per heavy atom. The molecule has 2 fully saturated rings. The normalized spacial score (nSPS) is 28.0. The largest absolute Gasteiger partial charge is 0.483 e. The number of rotatable bonds is 4. The van der Waals surface area contributed by atoms with E-state index in [1.54, 1.807) is 0 Å². The Bertz CT molecular complexity index is 662. The number of para-hydroxylation sites is 1. The van der Waals surface area contributed by atoms with Crippen LogP contribution in [0.25, 0.3) is 0 Å². The van der Waals surface area contributed by atoms with Gasteiger partial charge in [-0.1, -0.05) is 18.2 Å². The number of nitrogens with zero attached hydrogens (tertiary/aromatic N) is 2. The number of carboxylic acid groups (broad SMARTS) is 1. The molecule has 142 valence electrons. The lowest BCUT2D eigenvalue weighted by atomic mass is 10.0. The van der Waals surface area contributed by atoms with Crippen LogP contribution in [0.2, 0.25) is 0 Å². The van der Waals surface area contributed by atoms with Crippen molar-refractivity contribution in [2.24, 2.45) is 17.3 Å². The number of carbonyl (C=O) groups excluding carboxylic acids is 1. The molecule has 0 radical (unpaired) electrons. The number of aliphatic hydroxyl groups is 2. The van der Waals surface area contributed by atoms with E-state index in [1.807, 2.05) is 23.1 Å². The predicted molar refractivity (Wildman–Crippen MR) is 95.8 cm³/mol. The van der Waals surface area contributed by atoms with Gasteiger partial charge in [0.25, 0.3) is 6.47 Å². The maximum Gasteiger partial charge on any atom is 0.290 e. The summed E-state index contributed by atoms with van der Waals surface area (Å²) in [6.07, 6.45) is 0.922. The zero-order valence-corrected chi connectivity index (χ0v) is 14.9. The first kappa shape index (κ1) is 18.8. The summed E-state index contributed by atoms with van der Waals surface area (Å²) in [5, 5.41) is 25.9. The van der Waals surface area contributed by atoms with Crippen molar-refractivity contribution in [2.75, 3.05) is 37.7 Å². The summed E-state index contributed by atoms with van der Waals surface area (Å²) in [6.45, 7) is 4.00. The molecule has 2 heterocycles. The molecule has 1 saturated carbocycles. The Kier molecular flexibility index (Phi) is 5.32. The van der Waals surface area contributed by atoms with Crippen LogP contribution in [0.1, 0.15) is 12.5 Å². The molecule has 3 N–H and O–H groups in total. The minimum atomic E-state index is -0.285. The molecule has 0 spiro atoms. The molecule has 26 heavy (non-hydrogen) atoms. The van der Waals surface area contributed by atoms with E-state index in [1.165, 1.54) is 5.56 Å². The molecule has 7 heteroatoms. The fourth-order valence-corrected chi connectivity index (χ4v) is 4.78.